The summed E-state index contributed by atoms with van der Waals surface area (Å²) in [7, 11) is 0. The van der Waals surface area contributed by atoms with E-state index in [9.17, 15) is 4.79 Å². The van der Waals surface area contributed by atoms with Crippen LogP contribution in [-0.4, -0.2) is 26.1 Å². The molecule has 160 valence electrons. The fourth-order valence-electron chi connectivity index (χ4n) is 4.06. The average Bonchev–Trinajstić information content (AvgIpc) is 3.45. The Labute approximate surface area is 187 Å². The minimum absolute atomic E-state index is 0.0901. The molecular weight excluding hydrogens is 398 g/mol. The van der Waals surface area contributed by atoms with Crippen molar-refractivity contribution >= 4 is 5.91 Å². The lowest BCUT2D eigenvalue weighted by Gasteiger charge is -2.19. The third-order valence-electron chi connectivity index (χ3n) is 6.09. The normalized spacial score (nSPS) is 14.2. The van der Waals surface area contributed by atoms with Gasteiger partial charge in [0.25, 0.3) is 5.91 Å². The zero-order valence-corrected chi connectivity index (χ0v) is 18.2. The lowest BCUT2D eigenvalue weighted by Crippen LogP contribution is -2.34. The summed E-state index contributed by atoms with van der Waals surface area (Å²) in [6.45, 7) is 4.07. The highest BCUT2D eigenvalue weighted by molar-refractivity contribution is 5.97. The summed E-state index contributed by atoms with van der Waals surface area (Å²) in [4.78, 5) is 13.4. The van der Waals surface area contributed by atoms with E-state index in [2.05, 4.69) is 64.2 Å². The lowest BCUT2D eigenvalue weighted by molar-refractivity contribution is 0.0931. The molecule has 1 heterocycles. The van der Waals surface area contributed by atoms with Gasteiger partial charge in [0, 0.05) is 12.0 Å². The summed E-state index contributed by atoms with van der Waals surface area (Å²) in [5, 5.41) is 15.4. The molecule has 0 unspecified atom stereocenters. The second kappa shape index (κ2) is 8.04. The van der Waals surface area contributed by atoms with Gasteiger partial charge < -0.3 is 5.32 Å². The Bertz CT molecular complexity index is 1260. The van der Waals surface area contributed by atoms with Crippen LogP contribution in [0.1, 0.15) is 47.1 Å². The molecule has 32 heavy (non-hydrogen) atoms. The largest absolute Gasteiger partial charge is 0.343 e. The van der Waals surface area contributed by atoms with Gasteiger partial charge in [0.1, 0.15) is 0 Å². The number of benzene rings is 3. The number of hydrogen-bond donors (Lipinski definition) is 1. The van der Waals surface area contributed by atoms with Crippen molar-refractivity contribution in [2.45, 2.75) is 38.6 Å². The molecule has 1 N–H and O–H groups in total. The summed E-state index contributed by atoms with van der Waals surface area (Å²) in [5.74, 6) is 0.660. The summed E-state index contributed by atoms with van der Waals surface area (Å²) < 4.78 is 1.71. The fraction of sp³-hybridized carbons (Fsp3) is 0.231. The maximum absolute atomic E-state index is 13.4. The Kier molecular flexibility index (Phi) is 5.05. The molecule has 0 radical (unpaired) electrons. The average molecular weight is 424 g/mol. The molecule has 5 rings (SSSR count). The van der Waals surface area contributed by atoms with Crippen LogP contribution in [0.5, 0.6) is 0 Å². The van der Waals surface area contributed by atoms with Crippen LogP contribution in [0.2, 0.25) is 0 Å². The molecule has 1 aliphatic rings. The van der Waals surface area contributed by atoms with Gasteiger partial charge in [-0.3, -0.25) is 4.79 Å². The Hall–Kier alpha value is -3.80. The van der Waals surface area contributed by atoms with Crippen LogP contribution in [0, 0.1) is 6.92 Å². The standard InChI is InChI=1S/C26H25N5O/c1-3-24-28-29-30-31(24)23-16-20(19-11-9-18(2)10-12-19)15-21(17-23)25(32)27-26(13-14-26)22-7-5-4-6-8-22/h4-12,15-17H,3,13-14H2,1-2H3,(H,27,32). The summed E-state index contributed by atoms with van der Waals surface area (Å²) in [6.07, 6.45) is 2.58. The number of hydrogen-bond acceptors (Lipinski definition) is 4. The van der Waals surface area contributed by atoms with Gasteiger partial charge >= 0.3 is 0 Å². The predicted molar refractivity (Wildman–Crippen MR) is 124 cm³/mol. The molecule has 0 atom stereocenters. The zero-order chi connectivity index (χ0) is 22.1. The van der Waals surface area contributed by atoms with E-state index >= 15 is 0 Å². The Morgan fingerprint density at radius 3 is 2.44 bits per heavy atom. The molecule has 6 heteroatoms. The van der Waals surface area contributed by atoms with E-state index in [0.717, 1.165) is 41.0 Å². The van der Waals surface area contributed by atoms with Crippen molar-refractivity contribution in [3.63, 3.8) is 0 Å². The molecule has 0 spiro atoms. The smallest absolute Gasteiger partial charge is 0.252 e. The van der Waals surface area contributed by atoms with Crippen molar-refractivity contribution in [3.05, 3.63) is 95.3 Å². The van der Waals surface area contributed by atoms with Crippen LogP contribution in [0.3, 0.4) is 0 Å². The minimum Gasteiger partial charge on any atom is -0.343 e. The van der Waals surface area contributed by atoms with E-state index in [1.807, 2.05) is 43.3 Å². The fourth-order valence-corrected chi connectivity index (χ4v) is 4.06. The van der Waals surface area contributed by atoms with E-state index in [4.69, 9.17) is 0 Å². The molecule has 1 saturated carbocycles. The molecule has 1 fully saturated rings. The number of nitrogens with one attached hydrogen (secondary N) is 1. The maximum atomic E-state index is 13.4. The van der Waals surface area contributed by atoms with Crippen molar-refractivity contribution < 1.29 is 4.79 Å². The third kappa shape index (κ3) is 3.80. The van der Waals surface area contributed by atoms with E-state index in [1.54, 1.807) is 4.68 Å². The summed E-state index contributed by atoms with van der Waals surface area (Å²) >= 11 is 0. The number of carbonyl (C=O) groups excluding carboxylic acids is 1. The molecule has 4 aromatic rings. The highest BCUT2D eigenvalue weighted by atomic mass is 16.1. The molecule has 0 saturated heterocycles. The SMILES string of the molecule is CCc1nnnn1-c1cc(C(=O)NC2(c3ccccc3)CC2)cc(-c2ccc(C)cc2)c1. The number of tetrazole rings is 1. The number of rotatable bonds is 6. The van der Waals surface area contributed by atoms with Crippen molar-refractivity contribution in [2.24, 2.45) is 0 Å². The first-order valence-corrected chi connectivity index (χ1v) is 11.0. The lowest BCUT2D eigenvalue weighted by atomic mass is 9.99. The highest BCUT2D eigenvalue weighted by Crippen LogP contribution is 2.45. The molecule has 6 nitrogen and oxygen atoms in total. The van der Waals surface area contributed by atoms with Crippen LogP contribution in [0.15, 0.2) is 72.8 Å². The Morgan fingerprint density at radius 2 is 1.75 bits per heavy atom. The molecule has 3 aromatic carbocycles. The van der Waals surface area contributed by atoms with Crippen molar-refractivity contribution in [1.29, 1.82) is 0 Å². The number of carbonyl (C=O) groups is 1. The van der Waals surface area contributed by atoms with Gasteiger partial charge in [-0.25, -0.2) is 0 Å². The molecule has 1 aliphatic carbocycles. The number of aryl methyl sites for hydroxylation is 2. The molecule has 0 bridgehead atoms. The monoisotopic (exact) mass is 423 g/mol. The van der Waals surface area contributed by atoms with Gasteiger partial charge in [-0.05, 0) is 65.1 Å². The first-order chi connectivity index (χ1) is 15.6. The van der Waals surface area contributed by atoms with Gasteiger partial charge in [-0.2, -0.15) is 4.68 Å². The number of amides is 1. The molecular formula is C26H25N5O. The predicted octanol–water partition coefficient (Wildman–Crippen LogP) is 4.62. The second-order valence-electron chi connectivity index (χ2n) is 8.40. The first kappa shape index (κ1) is 20.1. The van der Waals surface area contributed by atoms with Crippen LogP contribution < -0.4 is 5.32 Å². The van der Waals surface area contributed by atoms with E-state index < -0.39 is 0 Å². The highest BCUT2D eigenvalue weighted by Gasteiger charge is 2.45. The molecule has 1 aromatic heterocycles. The van der Waals surface area contributed by atoms with E-state index in [1.165, 1.54) is 5.56 Å². The number of nitrogens with zero attached hydrogens (tertiary/aromatic N) is 4. The third-order valence-corrected chi connectivity index (χ3v) is 6.09. The van der Waals surface area contributed by atoms with Gasteiger partial charge in [0.15, 0.2) is 5.82 Å². The second-order valence-corrected chi connectivity index (χ2v) is 8.40. The maximum Gasteiger partial charge on any atom is 0.252 e. The van der Waals surface area contributed by atoms with Gasteiger partial charge in [-0.15, -0.1) is 5.10 Å². The topological polar surface area (TPSA) is 72.7 Å². The van der Waals surface area contributed by atoms with Crippen molar-refractivity contribution in [1.82, 2.24) is 25.5 Å². The van der Waals surface area contributed by atoms with Crippen LogP contribution in [0.25, 0.3) is 16.8 Å². The molecule has 0 aliphatic heterocycles. The van der Waals surface area contributed by atoms with Gasteiger partial charge in [-0.1, -0.05) is 67.1 Å². The quantitative estimate of drug-likeness (QED) is 0.491. The van der Waals surface area contributed by atoms with Crippen molar-refractivity contribution in [2.75, 3.05) is 0 Å². The van der Waals surface area contributed by atoms with Crippen LogP contribution >= 0.6 is 0 Å². The Balaban J connectivity index is 1.55. The number of aromatic nitrogens is 4. The summed E-state index contributed by atoms with van der Waals surface area (Å²) in [6, 6.07) is 24.3. The minimum atomic E-state index is -0.276. The summed E-state index contributed by atoms with van der Waals surface area (Å²) in [5.41, 5.74) is 5.43. The van der Waals surface area contributed by atoms with Crippen LogP contribution in [0.4, 0.5) is 0 Å². The van der Waals surface area contributed by atoms with Gasteiger partial charge in [0.05, 0.1) is 11.2 Å². The van der Waals surface area contributed by atoms with Gasteiger partial charge in [0.2, 0.25) is 0 Å². The van der Waals surface area contributed by atoms with Crippen LogP contribution in [-0.2, 0) is 12.0 Å². The first-order valence-electron chi connectivity index (χ1n) is 11.0. The van der Waals surface area contributed by atoms with E-state index in [-0.39, 0.29) is 11.4 Å². The van der Waals surface area contributed by atoms with Crippen molar-refractivity contribution in [3.8, 4) is 16.8 Å². The molecule has 1 amide bonds. The van der Waals surface area contributed by atoms with E-state index in [0.29, 0.717) is 12.0 Å². The Morgan fingerprint density at radius 1 is 1.00 bits per heavy atom. The zero-order valence-electron chi connectivity index (χ0n) is 18.2.